The lowest BCUT2D eigenvalue weighted by Gasteiger charge is -2.10. The van der Waals surface area contributed by atoms with Crippen LogP contribution in [-0.4, -0.2) is 16.8 Å². The van der Waals surface area contributed by atoms with Gasteiger partial charge in [-0.05, 0) is 48.7 Å². The number of anilines is 2. The van der Waals surface area contributed by atoms with Crippen molar-refractivity contribution < 1.29 is 14.0 Å². The van der Waals surface area contributed by atoms with Crippen LogP contribution < -0.4 is 10.6 Å². The van der Waals surface area contributed by atoms with Gasteiger partial charge in [-0.2, -0.15) is 0 Å². The second-order valence-corrected chi connectivity index (χ2v) is 8.04. The predicted octanol–water partition coefficient (Wildman–Crippen LogP) is 5.12. The Hall–Kier alpha value is -3.69. The molecule has 1 heterocycles. The summed E-state index contributed by atoms with van der Waals surface area (Å²) in [4.78, 5) is 28.8. The zero-order valence-corrected chi connectivity index (χ0v) is 17.9. The summed E-state index contributed by atoms with van der Waals surface area (Å²) >= 11 is 6.15. The lowest BCUT2D eigenvalue weighted by atomic mass is 10.1. The monoisotopic (exact) mass is 447 g/mol. The van der Waals surface area contributed by atoms with E-state index in [0.29, 0.717) is 17.2 Å². The summed E-state index contributed by atoms with van der Waals surface area (Å²) in [5.74, 6) is 4.42. The highest BCUT2D eigenvalue weighted by Crippen LogP contribution is 2.38. The van der Waals surface area contributed by atoms with E-state index in [9.17, 15) is 14.0 Å². The number of nitrogens with one attached hydrogen (secondary N) is 2. The van der Waals surface area contributed by atoms with Crippen molar-refractivity contribution in [3.63, 3.8) is 0 Å². The number of carbonyl (C=O) groups is 2. The molecule has 7 heteroatoms. The molecule has 1 aromatic heterocycles. The minimum Gasteiger partial charge on any atom is -0.326 e. The minimum atomic E-state index is -0.721. The van der Waals surface area contributed by atoms with Gasteiger partial charge in [-0.3, -0.25) is 9.59 Å². The van der Waals surface area contributed by atoms with Gasteiger partial charge in [-0.15, -0.1) is 0 Å². The van der Waals surface area contributed by atoms with Gasteiger partial charge in [0.15, 0.2) is 11.6 Å². The van der Waals surface area contributed by atoms with E-state index >= 15 is 0 Å². The van der Waals surface area contributed by atoms with E-state index in [2.05, 4.69) is 27.5 Å². The smallest absolute Gasteiger partial charge is 0.258 e. The number of nitrogens with zero attached hydrogens (tertiary/aromatic N) is 1. The van der Waals surface area contributed by atoms with Gasteiger partial charge in [0.2, 0.25) is 5.91 Å². The van der Waals surface area contributed by atoms with Crippen LogP contribution in [0.2, 0.25) is 5.02 Å². The number of hydrogen-bond donors (Lipinski definition) is 2. The van der Waals surface area contributed by atoms with Crippen LogP contribution in [0, 0.1) is 29.5 Å². The molecule has 1 aliphatic rings. The fraction of sp³-hybridized carbons (Fsp3) is 0.160. The Morgan fingerprint density at radius 2 is 1.78 bits per heavy atom. The molecule has 160 valence electrons. The fourth-order valence-corrected chi connectivity index (χ4v) is 3.34. The summed E-state index contributed by atoms with van der Waals surface area (Å²) in [7, 11) is 0. The van der Waals surface area contributed by atoms with E-state index in [1.165, 1.54) is 24.4 Å². The number of carbonyl (C=O) groups excluding carboxylic acids is 2. The number of hydrogen-bond acceptors (Lipinski definition) is 3. The number of pyridine rings is 1. The van der Waals surface area contributed by atoms with Gasteiger partial charge in [0.1, 0.15) is 0 Å². The number of aromatic nitrogens is 1. The second kappa shape index (κ2) is 9.21. The predicted molar refractivity (Wildman–Crippen MR) is 122 cm³/mol. The van der Waals surface area contributed by atoms with E-state index in [1.807, 2.05) is 37.3 Å². The molecule has 0 aliphatic heterocycles. The summed E-state index contributed by atoms with van der Waals surface area (Å²) in [5, 5.41) is 5.38. The van der Waals surface area contributed by atoms with Crippen molar-refractivity contribution in [3.05, 3.63) is 88.3 Å². The van der Waals surface area contributed by atoms with Crippen molar-refractivity contribution in [2.45, 2.75) is 13.3 Å². The SMILES string of the molecule is CC1CC1C(=O)Nc1ccc(Cl)c(C(=O)Nc2ncc(C#Cc3ccccc3)cc2F)c1. The van der Waals surface area contributed by atoms with E-state index in [4.69, 9.17) is 11.6 Å². The Morgan fingerprint density at radius 3 is 2.47 bits per heavy atom. The van der Waals surface area contributed by atoms with E-state index in [1.54, 1.807) is 6.07 Å². The molecule has 0 spiro atoms. The standard InChI is InChI=1S/C25H19ClFN3O2/c1-15-11-19(15)24(31)29-18-9-10-21(26)20(13-18)25(32)30-23-22(27)12-17(14-28-23)8-7-16-5-3-2-4-6-16/h2-6,9-10,12-15,19H,11H2,1H3,(H,29,31)(H,28,30,32). The Balaban J connectivity index is 1.47. The van der Waals surface area contributed by atoms with Gasteiger partial charge >= 0.3 is 0 Å². The maximum atomic E-state index is 14.5. The molecule has 5 nitrogen and oxygen atoms in total. The van der Waals surface area contributed by atoms with E-state index in [-0.39, 0.29) is 28.2 Å². The zero-order valence-electron chi connectivity index (χ0n) is 17.2. The van der Waals surface area contributed by atoms with Gasteiger partial charge < -0.3 is 10.6 Å². The maximum absolute atomic E-state index is 14.5. The minimum absolute atomic E-state index is 0.00949. The molecule has 4 rings (SSSR count). The summed E-state index contributed by atoms with van der Waals surface area (Å²) in [5.41, 5.74) is 1.72. The van der Waals surface area contributed by atoms with Crippen molar-refractivity contribution in [2.24, 2.45) is 11.8 Å². The molecule has 32 heavy (non-hydrogen) atoms. The van der Waals surface area contributed by atoms with Crippen LogP contribution in [0.5, 0.6) is 0 Å². The van der Waals surface area contributed by atoms with E-state index < -0.39 is 11.7 Å². The molecule has 1 aliphatic carbocycles. The highest BCUT2D eigenvalue weighted by atomic mass is 35.5. The molecule has 1 fully saturated rings. The largest absolute Gasteiger partial charge is 0.326 e. The first-order valence-electron chi connectivity index (χ1n) is 10.0. The molecule has 2 aromatic carbocycles. The first-order chi connectivity index (χ1) is 15.4. The molecule has 2 atom stereocenters. The molecule has 2 unspecified atom stereocenters. The quantitative estimate of drug-likeness (QED) is 0.545. The van der Waals surface area contributed by atoms with Crippen molar-refractivity contribution in [1.29, 1.82) is 0 Å². The molecule has 0 radical (unpaired) electrons. The molecule has 2 amide bonds. The Labute approximate surface area is 190 Å². The van der Waals surface area contributed by atoms with E-state index in [0.717, 1.165) is 12.0 Å². The Morgan fingerprint density at radius 1 is 1.06 bits per heavy atom. The lowest BCUT2D eigenvalue weighted by molar-refractivity contribution is -0.117. The van der Waals surface area contributed by atoms with Crippen LogP contribution in [-0.2, 0) is 4.79 Å². The van der Waals surface area contributed by atoms with Gasteiger partial charge in [0.05, 0.1) is 10.6 Å². The second-order valence-electron chi connectivity index (χ2n) is 7.63. The van der Waals surface area contributed by atoms with Crippen LogP contribution in [0.1, 0.15) is 34.8 Å². The molecule has 0 saturated heterocycles. The summed E-state index contributed by atoms with van der Waals surface area (Å²) in [6, 6.07) is 15.1. The summed E-state index contributed by atoms with van der Waals surface area (Å²) in [6.07, 6.45) is 2.23. The first-order valence-corrected chi connectivity index (χ1v) is 10.4. The summed E-state index contributed by atoms with van der Waals surface area (Å²) in [6.45, 7) is 2.01. The molecule has 1 saturated carbocycles. The molecule has 0 bridgehead atoms. The van der Waals surface area contributed by atoms with Crippen molar-refractivity contribution in [3.8, 4) is 11.8 Å². The zero-order chi connectivity index (χ0) is 22.7. The number of amides is 2. The highest BCUT2D eigenvalue weighted by Gasteiger charge is 2.39. The van der Waals surface area contributed by atoms with Crippen LogP contribution in [0.25, 0.3) is 0 Å². The number of benzene rings is 2. The van der Waals surface area contributed by atoms with Crippen LogP contribution in [0.4, 0.5) is 15.9 Å². The molecule has 2 N–H and O–H groups in total. The third kappa shape index (κ3) is 5.13. The molecule has 3 aromatic rings. The molecular formula is C25H19ClFN3O2. The van der Waals surface area contributed by atoms with Crippen molar-refractivity contribution in [1.82, 2.24) is 4.98 Å². The Kier molecular flexibility index (Phi) is 6.20. The van der Waals surface area contributed by atoms with Crippen LogP contribution in [0.15, 0.2) is 60.8 Å². The van der Waals surface area contributed by atoms with Gasteiger partial charge in [0, 0.05) is 28.9 Å². The first kappa shape index (κ1) is 21.5. The Bertz CT molecular complexity index is 1250. The van der Waals surface area contributed by atoms with Gasteiger partial charge in [-0.25, -0.2) is 9.37 Å². The number of halogens is 2. The topological polar surface area (TPSA) is 71.1 Å². The lowest BCUT2D eigenvalue weighted by Crippen LogP contribution is -2.17. The van der Waals surface area contributed by atoms with Gasteiger partial charge in [-0.1, -0.05) is 48.6 Å². The highest BCUT2D eigenvalue weighted by molar-refractivity contribution is 6.34. The van der Waals surface area contributed by atoms with Gasteiger partial charge in [0.25, 0.3) is 5.91 Å². The average Bonchev–Trinajstić information content (AvgIpc) is 3.52. The normalized spacial score (nSPS) is 16.5. The third-order valence-electron chi connectivity index (χ3n) is 5.12. The number of rotatable bonds is 4. The fourth-order valence-electron chi connectivity index (χ4n) is 3.14. The summed E-state index contributed by atoms with van der Waals surface area (Å²) < 4.78 is 14.5. The maximum Gasteiger partial charge on any atom is 0.258 e. The van der Waals surface area contributed by atoms with Crippen LogP contribution >= 0.6 is 11.6 Å². The van der Waals surface area contributed by atoms with Crippen LogP contribution in [0.3, 0.4) is 0 Å². The average molecular weight is 448 g/mol. The third-order valence-corrected chi connectivity index (χ3v) is 5.45. The molecular weight excluding hydrogens is 429 g/mol. The van der Waals surface area contributed by atoms with Crippen molar-refractivity contribution >= 4 is 34.9 Å². The van der Waals surface area contributed by atoms with Crippen molar-refractivity contribution in [2.75, 3.05) is 10.6 Å².